The van der Waals surface area contributed by atoms with Gasteiger partial charge in [-0.2, -0.15) is 13.2 Å². The molecule has 0 aromatic heterocycles. The molecule has 0 aliphatic heterocycles. The second-order valence-electron chi connectivity index (χ2n) is 5.07. The highest BCUT2D eigenvalue weighted by Gasteiger charge is 2.45. The molecule has 0 atom stereocenters. The summed E-state index contributed by atoms with van der Waals surface area (Å²) < 4.78 is 64.5. The maximum Gasteiger partial charge on any atom is 0.391 e. The quantitative estimate of drug-likeness (QED) is 0.776. The summed E-state index contributed by atoms with van der Waals surface area (Å²) in [6, 6.07) is 3.62. The molecule has 1 fully saturated rings. The van der Waals surface area contributed by atoms with Crippen molar-refractivity contribution in [2.24, 2.45) is 11.7 Å². The minimum Gasteiger partial charge on any atom is -0.321 e. The van der Waals surface area contributed by atoms with E-state index in [1.54, 1.807) is 0 Å². The Labute approximate surface area is 107 Å². The molecule has 1 nitrogen and oxygen atoms in total. The van der Waals surface area contributed by atoms with Gasteiger partial charge in [0.15, 0.2) is 11.6 Å². The number of hydrogen-bond donors (Lipinski definition) is 1. The van der Waals surface area contributed by atoms with E-state index in [-0.39, 0.29) is 31.2 Å². The zero-order valence-electron chi connectivity index (χ0n) is 10.1. The molecule has 1 aromatic rings. The molecule has 1 saturated carbocycles. The van der Waals surface area contributed by atoms with E-state index in [9.17, 15) is 22.0 Å². The summed E-state index contributed by atoms with van der Waals surface area (Å²) in [7, 11) is 0. The Hall–Kier alpha value is -1.17. The SMILES string of the molecule is NC1(c2cccc(F)c2F)CCC(C(F)(F)F)CC1. The fourth-order valence-electron chi connectivity index (χ4n) is 2.62. The van der Waals surface area contributed by atoms with E-state index >= 15 is 0 Å². The highest BCUT2D eigenvalue weighted by Crippen LogP contribution is 2.44. The number of alkyl halides is 3. The lowest BCUT2D eigenvalue weighted by molar-refractivity contribution is -0.184. The second-order valence-corrected chi connectivity index (χ2v) is 5.07. The van der Waals surface area contributed by atoms with Crippen molar-refractivity contribution < 1.29 is 22.0 Å². The Morgan fingerprint density at radius 2 is 1.68 bits per heavy atom. The van der Waals surface area contributed by atoms with Gasteiger partial charge in [-0.25, -0.2) is 8.78 Å². The van der Waals surface area contributed by atoms with Gasteiger partial charge in [-0.3, -0.25) is 0 Å². The first-order chi connectivity index (χ1) is 8.74. The first kappa shape index (κ1) is 14.2. The lowest BCUT2D eigenvalue weighted by Gasteiger charge is -2.38. The molecule has 0 amide bonds. The molecule has 0 unspecified atom stereocenters. The molecule has 19 heavy (non-hydrogen) atoms. The molecule has 0 heterocycles. The van der Waals surface area contributed by atoms with E-state index in [1.165, 1.54) is 12.1 Å². The third-order valence-electron chi connectivity index (χ3n) is 3.83. The van der Waals surface area contributed by atoms with Crippen molar-refractivity contribution in [1.29, 1.82) is 0 Å². The molecule has 2 rings (SSSR count). The molecule has 1 aliphatic carbocycles. The standard InChI is InChI=1S/C13H14F5N/c14-10-3-1-2-9(11(10)15)12(19)6-4-8(5-7-12)13(16,17)18/h1-3,8H,4-7,19H2. The summed E-state index contributed by atoms with van der Waals surface area (Å²) in [5.41, 5.74) is 4.73. The number of benzene rings is 1. The van der Waals surface area contributed by atoms with Crippen LogP contribution in [0, 0.1) is 17.6 Å². The Morgan fingerprint density at radius 1 is 1.11 bits per heavy atom. The van der Waals surface area contributed by atoms with Crippen LogP contribution in [0.15, 0.2) is 18.2 Å². The summed E-state index contributed by atoms with van der Waals surface area (Å²) >= 11 is 0. The Bertz CT molecular complexity index is 461. The molecule has 0 radical (unpaired) electrons. The van der Waals surface area contributed by atoms with Gasteiger partial charge < -0.3 is 5.73 Å². The molecule has 106 valence electrons. The number of rotatable bonds is 1. The normalized spacial score (nSPS) is 28.4. The van der Waals surface area contributed by atoms with Gasteiger partial charge in [-0.05, 0) is 31.7 Å². The minimum absolute atomic E-state index is 0.00243. The number of halogens is 5. The number of nitrogens with two attached hydrogens (primary N) is 1. The smallest absolute Gasteiger partial charge is 0.321 e. The maximum absolute atomic E-state index is 13.7. The lowest BCUT2D eigenvalue weighted by Crippen LogP contribution is -2.43. The van der Waals surface area contributed by atoms with E-state index in [1.807, 2.05) is 0 Å². The number of hydrogen-bond acceptors (Lipinski definition) is 1. The molecule has 0 bridgehead atoms. The van der Waals surface area contributed by atoms with Crippen molar-refractivity contribution in [3.63, 3.8) is 0 Å². The molecular formula is C13H14F5N. The summed E-state index contributed by atoms with van der Waals surface area (Å²) in [4.78, 5) is 0. The molecule has 0 saturated heterocycles. The largest absolute Gasteiger partial charge is 0.391 e. The van der Waals surface area contributed by atoms with Crippen molar-refractivity contribution in [3.05, 3.63) is 35.4 Å². The van der Waals surface area contributed by atoms with Crippen molar-refractivity contribution in [2.75, 3.05) is 0 Å². The summed E-state index contributed by atoms with van der Waals surface area (Å²) in [5.74, 6) is -3.49. The van der Waals surface area contributed by atoms with Gasteiger partial charge in [0.05, 0.1) is 5.92 Å². The molecule has 6 heteroatoms. The van der Waals surface area contributed by atoms with E-state index in [0.717, 1.165) is 6.07 Å². The van der Waals surface area contributed by atoms with Crippen LogP contribution >= 0.6 is 0 Å². The molecule has 0 spiro atoms. The predicted octanol–water partition coefficient (Wildman–Crippen LogP) is 3.87. The van der Waals surface area contributed by atoms with Crippen molar-refractivity contribution in [1.82, 2.24) is 0 Å². The maximum atomic E-state index is 13.7. The van der Waals surface area contributed by atoms with Gasteiger partial charge in [0.25, 0.3) is 0 Å². The first-order valence-electron chi connectivity index (χ1n) is 6.04. The van der Waals surface area contributed by atoms with Gasteiger partial charge in [0, 0.05) is 11.1 Å². The topological polar surface area (TPSA) is 26.0 Å². The van der Waals surface area contributed by atoms with Crippen LogP contribution < -0.4 is 5.73 Å². The minimum atomic E-state index is -4.25. The van der Waals surface area contributed by atoms with Crippen molar-refractivity contribution >= 4 is 0 Å². The Balaban J connectivity index is 2.21. The lowest BCUT2D eigenvalue weighted by atomic mass is 9.73. The highest BCUT2D eigenvalue weighted by atomic mass is 19.4. The van der Waals surface area contributed by atoms with E-state index in [0.29, 0.717) is 0 Å². The van der Waals surface area contributed by atoms with Crippen LogP contribution in [0.4, 0.5) is 22.0 Å². The third-order valence-corrected chi connectivity index (χ3v) is 3.83. The van der Waals surface area contributed by atoms with E-state index < -0.39 is 29.3 Å². The van der Waals surface area contributed by atoms with Crippen molar-refractivity contribution in [2.45, 2.75) is 37.4 Å². The Morgan fingerprint density at radius 3 is 2.21 bits per heavy atom. The zero-order valence-corrected chi connectivity index (χ0v) is 10.1. The average Bonchev–Trinajstić information content (AvgIpc) is 2.32. The Kier molecular flexibility index (Phi) is 3.55. The van der Waals surface area contributed by atoms with Gasteiger partial charge in [0.1, 0.15) is 0 Å². The van der Waals surface area contributed by atoms with Gasteiger partial charge in [0.2, 0.25) is 0 Å². The fourth-order valence-corrected chi connectivity index (χ4v) is 2.62. The second kappa shape index (κ2) is 4.74. The van der Waals surface area contributed by atoms with Gasteiger partial charge in [-0.1, -0.05) is 12.1 Å². The third kappa shape index (κ3) is 2.73. The summed E-state index contributed by atoms with van der Waals surface area (Å²) in [6.07, 6.45) is -4.57. The molecular weight excluding hydrogens is 265 g/mol. The van der Waals surface area contributed by atoms with E-state index in [4.69, 9.17) is 5.73 Å². The van der Waals surface area contributed by atoms with Crippen LogP contribution in [0.1, 0.15) is 31.2 Å². The summed E-state index contributed by atoms with van der Waals surface area (Å²) in [6.45, 7) is 0. The monoisotopic (exact) mass is 279 g/mol. The van der Waals surface area contributed by atoms with Crippen LogP contribution in [-0.2, 0) is 5.54 Å². The molecule has 1 aromatic carbocycles. The van der Waals surface area contributed by atoms with Crippen LogP contribution in [0.5, 0.6) is 0 Å². The van der Waals surface area contributed by atoms with Gasteiger partial charge >= 0.3 is 6.18 Å². The summed E-state index contributed by atoms with van der Waals surface area (Å²) in [5, 5.41) is 0. The molecule has 2 N–H and O–H groups in total. The van der Waals surface area contributed by atoms with Crippen molar-refractivity contribution in [3.8, 4) is 0 Å². The van der Waals surface area contributed by atoms with E-state index in [2.05, 4.69) is 0 Å². The van der Waals surface area contributed by atoms with Crippen LogP contribution in [0.2, 0.25) is 0 Å². The zero-order chi connectivity index (χ0) is 14.3. The average molecular weight is 279 g/mol. The highest BCUT2D eigenvalue weighted by molar-refractivity contribution is 5.27. The van der Waals surface area contributed by atoms with Crippen LogP contribution in [0.25, 0.3) is 0 Å². The fraction of sp³-hybridized carbons (Fsp3) is 0.538. The van der Waals surface area contributed by atoms with Crippen LogP contribution in [-0.4, -0.2) is 6.18 Å². The predicted molar refractivity (Wildman–Crippen MR) is 60.2 cm³/mol. The first-order valence-corrected chi connectivity index (χ1v) is 6.04. The van der Waals surface area contributed by atoms with Crippen LogP contribution in [0.3, 0.4) is 0 Å². The van der Waals surface area contributed by atoms with Gasteiger partial charge in [-0.15, -0.1) is 0 Å². The molecule has 1 aliphatic rings.